The minimum Gasteiger partial charge on any atom is -0.467 e. The highest BCUT2D eigenvalue weighted by Crippen LogP contribution is 2.06. The molecule has 0 aliphatic heterocycles. The van der Waals surface area contributed by atoms with Gasteiger partial charge in [0.1, 0.15) is 11.9 Å². The summed E-state index contributed by atoms with van der Waals surface area (Å²) in [6.45, 7) is 3.81. The van der Waals surface area contributed by atoms with Crippen LogP contribution >= 0.6 is 0 Å². The van der Waals surface area contributed by atoms with Crippen LogP contribution < -0.4 is 5.32 Å². The van der Waals surface area contributed by atoms with Gasteiger partial charge in [-0.3, -0.25) is 4.79 Å². The van der Waals surface area contributed by atoms with Crippen molar-refractivity contribution in [3.63, 3.8) is 0 Å². The number of amides is 1. The molecule has 0 fully saturated rings. The van der Waals surface area contributed by atoms with Crippen LogP contribution in [-0.2, 0) is 20.7 Å². The van der Waals surface area contributed by atoms with Crippen LogP contribution in [0.2, 0.25) is 0 Å². The van der Waals surface area contributed by atoms with Gasteiger partial charge in [-0.05, 0) is 38.0 Å². The molecule has 21 heavy (non-hydrogen) atoms. The van der Waals surface area contributed by atoms with Crippen LogP contribution in [0, 0.1) is 5.82 Å². The SMILES string of the molecule is COC(=O)[C@@H](CC=C(C)C)NC(=O)Cc1cccc(F)c1. The van der Waals surface area contributed by atoms with Crippen molar-refractivity contribution in [2.75, 3.05) is 7.11 Å². The van der Waals surface area contributed by atoms with E-state index in [2.05, 4.69) is 10.1 Å². The number of hydrogen-bond donors (Lipinski definition) is 1. The molecule has 4 nitrogen and oxygen atoms in total. The van der Waals surface area contributed by atoms with Gasteiger partial charge in [0.25, 0.3) is 0 Å². The van der Waals surface area contributed by atoms with E-state index in [9.17, 15) is 14.0 Å². The Balaban J connectivity index is 2.67. The summed E-state index contributed by atoms with van der Waals surface area (Å²) in [4.78, 5) is 23.6. The van der Waals surface area contributed by atoms with Crippen LogP contribution in [0.3, 0.4) is 0 Å². The number of halogens is 1. The number of benzene rings is 1. The number of esters is 1. The summed E-state index contributed by atoms with van der Waals surface area (Å²) in [5.41, 5.74) is 1.60. The zero-order valence-electron chi connectivity index (χ0n) is 12.5. The first-order valence-electron chi connectivity index (χ1n) is 6.67. The summed E-state index contributed by atoms with van der Waals surface area (Å²) in [5, 5.41) is 2.61. The van der Waals surface area contributed by atoms with Crippen molar-refractivity contribution in [2.45, 2.75) is 32.7 Å². The number of carbonyl (C=O) groups is 2. The standard InChI is InChI=1S/C16H20FNO3/c1-11(2)7-8-14(16(20)21-3)18-15(19)10-12-5-4-6-13(17)9-12/h4-7,9,14H,8,10H2,1-3H3,(H,18,19)/t14-/m1/s1. The van der Waals surface area contributed by atoms with Crippen molar-refractivity contribution in [2.24, 2.45) is 0 Å². The molecule has 1 atom stereocenters. The second kappa shape index (κ2) is 8.19. The van der Waals surface area contributed by atoms with Gasteiger partial charge in [0.2, 0.25) is 5.91 Å². The predicted molar refractivity (Wildman–Crippen MR) is 78.1 cm³/mol. The van der Waals surface area contributed by atoms with Crippen LogP contribution in [0.4, 0.5) is 4.39 Å². The second-order valence-corrected chi connectivity index (χ2v) is 4.97. The van der Waals surface area contributed by atoms with Crippen LogP contribution in [0.15, 0.2) is 35.9 Å². The Morgan fingerprint density at radius 2 is 2.10 bits per heavy atom. The van der Waals surface area contributed by atoms with Crippen LogP contribution in [0.5, 0.6) is 0 Å². The van der Waals surface area contributed by atoms with E-state index >= 15 is 0 Å². The summed E-state index contributed by atoms with van der Waals surface area (Å²) < 4.78 is 17.7. The lowest BCUT2D eigenvalue weighted by Crippen LogP contribution is -2.41. The van der Waals surface area contributed by atoms with E-state index in [1.807, 2.05) is 19.9 Å². The topological polar surface area (TPSA) is 55.4 Å². The lowest BCUT2D eigenvalue weighted by Gasteiger charge is -2.15. The van der Waals surface area contributed by atoms with E-state index in [-0.39, 0.29) is 12.3 Å². The number of rotatable bonds is 6. The summed E-state index contributed by atoms with van der Waals surface area (Å²) in [5.74, 6) is -1.24. The van der Waals surface area contributed by atoms with Crippen molar-refractivity contribution < 1.29 is 18.7 Å². The monoisotopic (exact) mass is 293 g/mol. The molecule has 0 unspecified atom stereocenters. The maximum atomic E-state index is 13.1. The highest BCUT2D eigenvalue weighted by molar-refractivity contribution is 5.85. The van der Waals surface area contributed by atoms with Gasteiger partial charge in [-0.25, -0.2) is 9.18 Å². The third kappa shape index (κ3) is 6.21. The average Bonchev–Trinajstić information content (AvgIpc) is 2.42. The Labute approximate surface area is 124 Å². The molecule has 0 aromatic heterocycles. The molecule has 1 amide bonds. The highest BCUT2D eigenvalue weighted by Gasteiger charge is 2.20. The molecule has 0 spiro atoms. The fraction of sp³-hybridized carbons (Fsp3) is 0.375. The predicted octanol–water partition coefficient (Wildman–Crippen LogP) is 2.38. The molecule has 0 heterocycles. The first kappa shape index (κ1) is 16.9. The number of methoxy groups -OCH3 is 1. The maximum Gasteiger partial charge on any atom is 0.328 e. The Morgan fingerprint density at radius 3 is 2.67 bits per heavy atom. The molecular weight excluding hydrogens is 273 g/mol. The largest absolute Gasteiger partial charge is 0.467 e. The molecule has 1 aromatic rings. The molecule has 0 bridgehead atoms. The lowest BCUT2D eigenvalue weighted by molar-refractivity contribution is -0.144. The van der Waals surface area contributed by atoms with Crippen molar-refractivity contribution >= 4 is 11.9 Å². The van der Waals surface area contributed by atoms with E-state index in [4.69, 9.17) is 0 Å². The first-order chi connectivity index (χ1) is 9.92. The third-order valence-electron chi connectivity index (χ3n) is 2.84. The highest BCUT2D eigenvalue weighted by atomic mass is 19.1. The Morgan fingerprint density at radius 1 is 1.38 bits per heavy atom. The van der Waals surface area contributed by atoms with E-state index in [0.717, 1.165) is 5.57 Å². The molecule has 0 saturated heterocycles. The lowest BCUT2D eigenvalue weighted by atomic mass is 10.1. The second-order valence-electron chi connectivity index (χ2n) is 4.97. The molecule has 1 rings (SSSR count). The van der Waals surface area contributed by atoms with E-state index in [1.54, 1.807) is 12.1 Å². The Hall–Kier alpha value is -2.17. The smallest absolute Gasteiger partial charge is 0.328 e. The molecule has 5 heteroatoms. The first-order valence-corrected chi connectivity index (χ1v) is 6.67. The number of carbonyl (C=O) groups excluding carboxylic acids is 2. The van der Waals surface area contributed by atoms with Gasteiger partial charge in [-0.15, -0.1) is 0 Å². The molecule has 0 aliphatic carbocycles. The van der Waals surface area contributed by atoms with Gasteiger partial charge in [-0.1, -0.05) is 23.8 Å². The summed E-state index contributed by atoms with van der Waals surface area (Å²) in [6, 6.07) is 5.08. The van der Waals surface area contributed by atoms with Gasteiger partial charge in [0.15, 0.2) is 0 Å². The molecule has 0 radical (unpaired) electrons. The number of nitrogens with one attached hydrogen (secondary N) is 1. The van der Waals surface area contributed by atoms with Gasteiger partial charge in [-0.2, -0.15) is 0 Å². The maximum absolute atomic E-state index is 13.1. The van der Waals surface area contributed by atoms with Crippen LogP contribution in [0.25, 0.3) is 0 Å². The molecular formula is C16H20FNO3. The van der Waals surface area contributed by atoms with Crippen molar-refractivity contribution in [3.05, 3.63) is 47.3 Å². The molecule has 1 N–H and O–H groups in total. The minimum atomic E-state index is -0.731. The van der Waals surface area contributed by atoms with Gasteiger partial charge in [0, 0.05) is 0 Å². The normalized spacial score (nSPS) is 11.4. The van der Waals surface area contributed by atoms with Crippen molar-refractivity contribution in [1.82, 2.24) is 5.32 Å². The summed E-state index contributed by atoms with van der Waals surface area (Å²) >= 11 is 0. The Bertz CT molecular complexity index is 536. The quantitative estimate of drug-likeness (QED) is 0.647. The number of hydrogen-bond acceptors (Lipinski definition) is 3. The van der Waals surface area contributed by atoms with Crippen molar-refractivity contribution in [1.29, 1.82) is 0 Å². The third-order valence-corrected chi connectivity index (χ3v) is 2.84. The zero-order chi connectivity index (χ0) is 15.8. The summed E-state index contributed by atoms with van der Waals surface area (Å²) in [6.07, 6.45) is 2.23. The minimum absolute atomic E-state index is 0.0140. The molecule has 1 aromatic carbocycles. The van der Waals surface area contributed by atoms with Gasteiger partial charge >= 0.3 is 5.97 Å². The van der Waals surface area contributed by atoms with E-state index in [0.29, 0.717) is 12.0 Å². The number of allylic oxidation sites excluding steroid dienone is 1. The molecule has 114 valence electrons. The zero-order valence-corrected chi connectivity index (χ0v) is 12.5. The van der Waals surface area contributed by atoms with Gasteiger partial charge < -0.3 is 10.1 Å². The number of ether oxygens (including phenoxy) is 1. The van der Waals surface area contributed by atoms with E-state index in [1.165, 1.54) is 19.2 Å². The van der Waals surface area contributed by atoms with Crippen molar-refractivity contribution in [3.8, 4) is 0 Å². The summed E-state index contributed by atoms with van der Waals surface area (Å²) in [7, 11) is 1.27. The van der Waals surface area contributed by atoms with Gasteiger partial charge in [0.05, 0.1) is 13.5 Å². The molecule has 0 aliphatic rings. The fourth-order valence-corrected chi connectivity index (χ4v) is 1.79. The van der Waals surface area contributed by atoms with Crippen LogP contribution in [-0.4, -0.2) is 25.0 Å². The Kier molecular flexibility index (Phi) is 6.59. The fourth-order valence-electron chi connectivity index (χ4n) is 1.79. The van der Waals surface area contributed by atoms with Crippen LogP contribution in [0.1, 0.15) is 25.8 Å². The molecule has 0 saturated carbocycles. The average molecular weight is 293 g/mol. The van der Waals surface area contributed by atoms with E-state index < -0.39 is 17.8 Å².